The van der Waals surface area contributed by atoms with E-state index in [-0.39, 0.29) is 0 Å². The summed E-state index contributed by atoms with van der Waals surface area (Å²) in [6, 6.07) is 9.71. The van der Waals surface area contributed by atoms with E-state index in [1.165, 1.54) is 10.6 Å². The van der Waals surface area contributed by atoms with Crippen LogP contribution in [0.3, 0.4) is 0 Å². The fourth-order valence-electron chi connectivity index (χ4n) is 2.69. The summed E-state index contributed by atoms with van der Waals surface area (Å²) in [6.07, 6.45) is 1.99. The summed E-state index contributed by atoms with van der Waals surface area (Å²) in [6.45, 7) is 0.521. The van der Waals surface area contributed by atoms with Crippen molar-refractivity contribution in [2.75, 3.05) is 22.8 Å². The summed E-state index contributed by atoms with van der Waals surface area (Å²) in [5.41, 5.74) is 9.78. The Kier molecular flexibility index (Phi) is 2.79. The van der Waals surface area contributed by atoms with E-state index in [0.29, 0.717) is 12.4 Å². The van der Waals surface area contributed by atoms with Gasteiger partial charge in [-0.1, -0.05) is 6.07 Å². The van der Waals surface area contributed by atoms with Gasteiger partial charge in [-0.15, -0.1) is 0 Å². The maximum Gasteiger partial charge on any atom is 0.232 e. The summed E-state index contributed by atoms with van der Waals surface area (Å²) in [4.78, 5) is 0. The van der Waals surface area contributed by atoms with Crippen molar-refractivity contribution in [1.29, 1.82) is 0 Å². The monoisotopic (exact) mass is 291 g/mol. The molecule has 2 heterocycles. The molecular formula is C14H17N3O2S. The summed E-state index contributed by atoms with van der Waals surface area (Å²) < 4.78 is 26.8. The molecule has 0 saturated carbocycles. The van der Waals surface area contributed by atoms with Crippen molar-refractivity contribution < 1.29 is 8.42 Å². The Morgan fingerprint density at radius 1 is 1.20 bits per heavy atom. The van der Waals surface area contributed by atoms with Crippen molar-refractivity contribution in [2.45, 2.75) is 6.42 Å². The minimum atomic E-state index is -3.19. The van der Waals surface area contributed by atoms with Crippen LogP contribution < -0.4 is 10.0 Å². The lowest BCUT2D eigenvalue weighted by molar-refractivity contribution is 0.598. The number of hydrogen-bond donors (Lipinski definition) is 1. The van der Waals surface area contributed by atoms with Crippen molar-refractivity contribution >= 4 is 21.5 Å². The van der Waals surface area contributed by atoms with E-state index < -0.39 is 10.0 Å². The van der Waals surface area contributed by atoms with Crippen molar-refractivity contribution in [2.24, 2.45) is 7.05 Å². The summed E-state index contributed by atoms with van der Waals surface area (Å²) in [5.74, 6) is 0.707. The van der Waals surface area contributed by atoms with Crippen LogP contribution in [0, 0.1) is 0 Å². The Morgan fingerprint density at radius 2 is 1.95 bits per heavy atom. The van der Waals surface area contributed by atoms with Crippen LogP contribution in [0.15, 0.2) is 30.3 Å². The lowest BCUT2D eigenvalue weighted by Crippen LogP contribution is -2.27. The Morgan fingerprint density at radius 3 is 2.55 bits per heavy atom. The van der Waals surface area contributed by atoms with Gasteiger partial charge in [0.1, 0.15) is 5.82 Å². The summed E-state index contributed by atoms with van der Waals surface area (Å²) in [7, 11) is -1.27. The van der Waals surface area contributed by atoms with Gasteiger partial charge >= 0.3 is 0 Å². The number of nitrogen functional groups attached to an aromatic ring is 1. The zero-order chi connectivity index (χ0) is 14.5. The second-order valence-electron chi connectivity index (χ2n) is 5.13. The number of rotatable bonds is 2. The van der Waals surface area contributed by atoms with Crippen molar-refractivity contribution in [3.63, 3.8) is 0 Å². The molecule has 0 aliphatic carbocycles. The maximum atomic E-state index is 11.7. The smallest absolute Gasteiger partial charge is 0.232 e. The average Bonchev–Trinajstić information content (AvgIpc) is 2.93. The molecule has 1 aliphatic rings. The molecule has 0 atom stereocenters. The molecular weight excluding hydrogens is 274 g/mol. The van der Waals surface area contributed by atoms with E-state index in [1.807, 2.05) is 35.9 Å². The third kappa shape index (κ3) is 1.96. The summed E-state index contributed by atoms with van der Waals surface area (Å²) >= 11 is 0. The number of benzene rings is 1. The predicted molar refractivity (Wildman–Crippen MR) is 81.2 cm³/mol. The van der Waals surface area contributed by atoms with E-state index in [1.54, 1.807) is 0 Å². The molecule has 1 aromatic carbocycles. The summed E-state index contributed by atoms with van der Waals surface area (Å²) in [5, 5.41) is 0. The predicted octanol–water partition coefficient (Wildman–Crippen LogP) is 1.60. The lowest BCUT2D eigenvalue weighted by atomic mass is 10.1. The molecule has 0 amide bonds. The van der Waals surface area contributed by atoms with Gasteiger partial charge in [0, 0.05) is 19.3 Å². The molecule has 106 valence electrons. The molecule has 5 nitrogen and oxygen atoms in total. The van der Waals surface area contributed by atoms with Crippen molar-refractivity contribution in [1.82, 2.24) is 4.57 Å². The SMILES string of the molecule is Cn1c(N)ccc1-c1ccc2c(c1)CCN2S(C)(=O)=O. The van der Waals surface area contributed by atoms with Gasteiger partial charge in [-0.05, 0) is 41.8 Å². The quantitative estimate of drug-likeness (QED) is 0.913. The second-order valence-corrected chi connectivity index (χ2v) is 7.04. The molecule has 0 unspecified atom stereocenters. The number of nitrogens with two attached hydrogens (primary N) is 1. The highest BCUT2D eigenvalue weighted by molar-refractivity contribution is 7.92. The number of fused-ring (bicyclic) bond motifs is 1. The topological polar surface area (TPSA) is 68.3 Å². The molecule has 0 saturated heterocycles. The molecule has 0 radical (unpaired) electrons. The van der Waals surface area contributed by atoms with E-state index in [9.17, 15) is 8.42 Å². The number of aromatic nitrogens is 1. The van der Waals surface area contributed by atoms with E-state index in [2.05, 4.69) is 6.07 Å². The maximum absolute atomic E-state index is 11.7. The lowest BCUT2D eigenvalue weighted by Gasteiger charge is -2.16. The highest BCUT2D eigenvalue weighted by Crippen LogP contribution is 2.34. The first-order valence-electron chi connectivity index (χ1n) is 6.40. The normalized spacial score (nSPS) is 14.6. The Hall–Kier alpha value is -1.95. The molecule has 2 aromatic rings. The Bertz CT molecular complexity index is 778. The van der Waals surface area contributed by atoms with E-state index in [0.717, 1.165) is 28.9 Å². The van der Waals surface area contributed by atoms with E-state index in [4.69, 9.17) is 5.73 Å². The minimum absolute atomic E-state index is 0.521. The molecule has 0 spiro atoms. The van der Waals surface area contributed by atoms with Crippen molar-refractivity contribution in [3.05, 3.63) is 35.9 Å². The van der Waals surface area contributed by atoms with Crippen LogP contribution in [-0.4, -0.2) is 25.8 Å². The zero-order valence-electron chi connectivity index (χ0n) is 11.5. The first-order chi connectivity index (χ1) is 9.38. The second kappa shape index (κ2) is 4.28. The molecule has 20 heavy (non-hydrogen) atoms. The number of sulfonamides is 1. The van der Waals surface area contributed by atoms with Gasteiger partial charge in [0.25, 0.3) is 0 Å². The first-order valence-corrected chi connectivity index (χ1v) is 8.25. The number of anilines is 2. The third-order valence-corrected chi connectivity index (χ3v) is 4.97. The molecule has 3 rings (SSSR count). The third-order valence-electron chi connectivity index (χ3n) is 3.79. The van der Waals surface area contributed by atoms with Crippen LogP contribution in [0.2, 0.25) is 0 Å². The molecule has 0 fully saturated rings. The highest BCUT2D eigenvalue weighted by Gasteiger charge is 2.26. The van der Waals surface area contributed by atoms with Crippen LogP contribution in [0.25, 0.3) is 11.3 Å². The molecule has 6 heteroatoms. The van der Waals surface area contributed by atoms with Gasteiger partial charge in [0.05, 0.1) is 11.9 Å². The average molecular weight is 291 g/mol. The Balaban J connectivity index is 2.06. The van der Waals surface area contributed by atoms with Crippen LogP contribution in [0.5, 0.6) is 0 Å². The molecule has 0 bridgehead atoms. The van der Waals surface area contributed by atoms with E-state index >= 15 is 0 Å². The molecule has 2 N–H and O–H groups in total. The van der Waals surface area contributed by atoms with Crippen LogP contribution in [0.1, 0.15) is 5.56 Å². The number of hydrogen-bond acceptors (Lipinski definition) is 3. The molecule has 1 aliphatic heterocycles. The van der Waals surface area contributed by atoms with Crippen LogP contribution >= 0.6 is 0 Å². The standard InChI is InChI=1S/C14H17N3O2S/c1-16-12(5-6-14(16)15)10-3-4-13-11(9-10)7-8-17(13)20(2,18)19/h3-6,9H,7-8,15H2,1-2H3. The van der Waals surface area contributed by atoms with Crippen molar-refractivity contribution in [3.8, 4) is 11.3 Å². The largest absolute Gasteiger partial charge is 0.385 e. The highest BCUT2D eigenvalue weighted by atomic mass is 32.2. The van der Waals surface area contributed by atoms with Gasteiger partial charge < -0.3 is 10.3 Å². The van der Waals surface area contributed by atoms with Gasteiger partial charge in [-0.2, -0.15) is 0 Å². The van der Waals surface area contributed by atoms with Gasteiger partial charge in [0.2, 0.25) is 10.0 Å². The fraction of sp³-hybridized carbons (Fsp3) is 0.286. The van der Waals surface area contributed by atoms with Crippen LogP contribution in [0.4, 0.5) is 11.5 Å². The first kappa shape index (κ1) is 13.1. The Labute approximate surface area is 118 Å². The molecule has 1 aromatic heterocycles. The van der Waals surface area contributed by atoms with Gasteiger partial charge in [-0.25, -0.2) is 8.42 Å². The minimum Gasteiger partial charge on any atom is -0.385 e. The number of nitrogens with zero attached hydrogens (tertiary/aromatic N) is 2. The van der Waals surface area contributed by atoms with Gasteiger partial charge in [-0.3, -0.25) is 4.31 Å². The fourth-order valence-corrected chi connectivity index (χ4v) is 3.65. The van der Waals surface area contributed by atoms with Crippen LogP contribution in [-0.2, 0) is 23.5 Å². The zero-order valence-corrected chi connectivity index (χ0v) is 12.3. The van der Waals surface area contributed by atoms with Gasteiger partial charge in [0.15, 0.2) is 0 Å².